The first-order valence-electron chi connectivity index (χ1n) is 8.17. The van der Waals surface area contributed by atoms with Crippen molar-refractivity contribution >= 4 is 11.6 Å². The average molecular weight is 336 g/mol. The van der Waals surface area contributed by atoms with E-state index in [-0.39, 0.29) is 17.5 Å². The molecule has 0 radical (unpaired) electrons. The molecule has 2 aromatic carbocycles. The van der Waals surface area contributed by atoms with Crippen LogP contribution in [0.5, 0.6) is 5.88 Å². The highest BCUT2D eigenvalue weighted by Crippen LogP contribution is 2.24. The Balaban J connectivity index is 1.65. The van der Waals surface area contributed by atoms with E-state index in [0.29, 0.717) is 12.5 Å². The van der Waals surface area contributed by atoms with Crippen LogP contribution in [0.4, 0.5) is 5.69 Å². The summed E-state index contributed by atoms with van der Waals surface area (Å²) in [6, 6.07) is 18.9. The minimum atomic E-state index is -0.352. The van der Waals surface area contributed by atoms with Crippen molar-refractivity contribution in [1.82, 2.24) is 5.16 Å². The third-order valence-corrected chi connectivity index (χ3v) is 3.77. The highest BCUT2D eigenvalue weighted by Gasteiger charge is 2.16. The molecule has 3 rings (SSSR count). The first-order chi connectivity index (χ1) is 12.1. The van der Waals surface area contributed by atoms with E-state index in [1.807, 2.05) is 54.6 Å². The fourth-order valence-corrected chi connectivity index (χ4v) is 2.46. The van der Waals surface area contributed by atoms with Gasteiger partial charge in [-0.05, 0) is 28.3 Å². The summed E-state index contributed by atoms with van der Waals surface area (Å²) in [5.74, 6) is 0.346. The summed E-state index contributed by atoms with van der Waals surface area (Å²) in [4.78, 5) is 12.4. The van der Waals surface area contributed by atoms with Crippen molar-refractivity contribution in [3.8, 4) is 5.88 Å². The van der Waals surface area contributed by atoms with Crippen LogP contribution in [0.3, 0.4) is 0 Å². The molecule has 0 spiro atoms. The van der Waals surface area contributed by atoms with Crippen molar-refractivity contribution in [3.05, 3.63) is 77.6 Å². The van der Waals surface area contributed by atoms with Crippen molar-refractivity contribution in [3.63, 3.8) is 0 Å². The summed E-state index contributed by atoms with van der Waals surface area (Å²) in [5, 5.41) is 6.66. The summed E-state index contributed by atoms with van der Waals surface area (Å²) in [6.07, 6.45) is 0. The molecule has 0 unspecified atom stereocenters. The molecular weight excluding hydrogens is 316 g/mol. The Hall–Kier alpha value is -3.08. The summed E-state index contributed by atoms with van der Waals surface area (Å²) >= 11 is 0. The van der Waals surface area contributed by atoms with Crippen LogP contribution in [0, 0.1) is 0 Å². The highest BCUT2D eigenvalue weighted by atomic mass is 16.5. The Kier molecular flexibility index (Phi) is 5.14. The minimum absolute atomic E-state index is 0.113. The molecule has 0 atom stereocenters. The lowest BCUT2D eigenvalue weighted by Gasteiger charge is -2.12. The zero-order valence-electron chi connectivity index (χ0n) is 14.2. The smallest absolute Gasteiger partial charge is 0.294 e. The second-order valence-corrected chi connectivity index (χ2v) is 6.00. The summed E-state index contributed by atoms with van der Waals surface area (Å²) in [7, 11) is 0. The van der Waals surface area contributed by atoms with E-state index in [0.717, 1.165) is 16.8 Å². The molecule has 0 fully saturated rings. The van der Waals surface area contributed by atoms with Crippen LogP contribution in [-0.4, -0.2) is 11.1 Å². The third-order valence-electron chi connectivity index (χ3n) is 3.77. The lowest BCUT2D eigenvalue weighted by Crippen LogP contribution is -2.12. The average Bonchev–Trinajstić information content (AvgIpc) is 3.10. The number of anilines is 1. The maximum Gasteiger partial charge on any atom is 0.294 e. The molecule has 0 saturated heterocycles. The monoisotopic (exact) mass is 336 g/mol. The highest BCUT2D eigenvalue weighted by molar-refractivity contribution is 6.02. The van der Waals surface area contributed by atoms with Crippen molar-refractivity contribution in [2.75, 3.05) is 5.32 Å². The number of hydrogen-bond donors (Lipinski definition) is 1. The molecule has 25 heavy (non-hydrogen) atoms. The molecular formula is C20H20N2O3. The molecule has 1 aromatic heterocycles. The zero-order valence-corrected chi connectivity index (χ0v) is 14.2. The van der Waals surface area contributed by atoms with Crippen LogP contribution in [0.2, 0.25) is 0 Å². The second kappa shape index (κ2) is 7.66. The normalized spacial score (nSPS) is 10.7. The molecule has 0 aliphatic rings. The van der Waals surface area contributed by atoms with Gasteiger partial charge in [-0.2, -0.15) is 0 Å². The topological polar surface area (TPSA) is 64.4 Å². The lowest BCUT2D eigenvalue weighted by atomic mass is 10.0. The van der Waals surface area contributed by atoms with Crippen LogP contribution in [0.1, 0.15) is 41.4 Å². The van der Waals surface area contributed by atoms with Gasteiger partial charge in [-0.15, -0.1) is 0 Å². The molecule has 5 nitrogen and oxygen atoms in total. The number of para-hydroxylation sites is 1. The van der Waals surface area contributed by atoms with Gasteiger partial charge >= 0.3 is 0 Å². The van der Waals surface area contributed by atoms with Crippen molar-refractivity contribution < 1.29 is 14.1 Å². The number of amides is 1. The van der Waals surface area contributed by atoms with Gasteiger partial charge in [0.25, 0.3) is 11.8 Å². The molecule has 1 amide bonds. The predicted octanol–water partition coefficient (Wildman–Crippen LogP) is 4.63. The maximum atomic E-state index is 12.4. The van der Waals surface area contributed by atoms with Gasteiger partial charge in [-0.1, -0.05) is 62.4 Å². The van der Waals surface area contributed by atoms with Crippen LogP contribution in [0.15, 0.2) is 65.2 Å². The van der Waals surface area contributed by atoms with Gasteiger partial charge in [0.2, 0.25) is 5.76 Å². The third kappa shape index (κ3) is 4.26. The first kappa shape index (κ1) is 16.8. The number of rotatable bonds is 6. The number of carbonyl (C=O) groups is 1. The van der Waals surface area contributed by atoms with Gasteiger partial charge in [0.15, 0.2) is 0 Å². The van der Waals surface area contributed by atoms with E-state index in [4.69, 9.17) is 9.26 Å². The number of nitrogens with one attached hydrogen (secondary N) is 1. The summed E-state index contributed by atoms with van der Waals surface area (Å²) in [5.41, 5.74) is 2.85. The Bertz CT molecular complexity index is 841. The number of benzene rings is 2. The number of hydrogen-bond acceptors (Lipinski definition) is 4. The SMILES string of the molecule is CC(C)c1ccccc1NC(=O)c1cc(OCc2ccccc2)no1. The van der Waals surface area contributed by atoms with Crippen LogP contribution in [0.25, 0.3) is 0 Å². The summed E-state index contributed by atoms with van der Waals surface area (Å²) < 4.78 is 10.7. The van der Waals surface area contributed by atoms with E-state index in [1.165, 1.54) is 6.07 Å². The van der Waals surface area contributed by atoms with Crippen molar-refractivity contribution in [1.29, 1.82) is 0 Å². The van der Waals surface area contributed by atoms with Crippen LogP contribution in [-0.2, 0) is 6.61 Å². The van der Waals surface area contributed by atoms with Gasteiger partial charge in [0, 0.05) is 5.69 Å². The van der Waals surface area contributed by atoms with Crippen LogP contribution < -0.4 is 10.1 Å². The Labute approximate surface area is 146 Å². The second-order valence-electron chi connectivity index (χ2n) is 6.00. The van der Waals surface area contributed by atoms with Crippen LogP contribution >= 0.6 is 0 Å². The fraction of sp³-hybridized carbons (Fsp3) is 0.200. The largest absolute Gasteiger partial charge is 0.471 e. The quantitative estimate of drug-likeness (QED) is 0.713. The number of carbonyl (C=O) groups excluding carboxylic acids is 1. The van der Waals surface area contributed by atoms with E-state index in [9.17, 15) is 4.79 Å². The minimum Gasteiger partial charge on any atom is -0.471 e. The molecule has 5 heteroatoms. The maximum absolute atomic E-state index is 12.4. The Morgan fingerprint density at radius 2 is 1.84 bits per heavy atom. The number of nitrogens with zero attached hydrogens (tertiary/aromatic N) is 1. The van der Waals surface area contributed by atoms with Gasteiger partial charge in [0.05, 0.1) is 6.07 Å². The van der Waals surface area contributed by atoms with E-state index in [2.05, 4.69) is 24.3 Å². The zero-order chi connectivity index (χ0) is 17.6. The number of aromatic nitrogens is 1. The van der Waals surface area contributed by atoms with E-state index in [1.54, 1.807) is 0 Å². The van der Waals surface area contributed by atoms with Gasteiger partial charge in [-0.3, -0.25) is 4.79 Å². The van der Waals surface area contributed by atoms with Gasteiger partial charge in [-0.25, -0.2) is 0 Å². The predicted molar refractivity (Wildman–Crippen MR) is 95.8 cm³/mol. The molecule has 0 bridgehead atoms. The molecule has 0 saturated carbocycles. The lowest BCUT2D eigenvalue weighted by molar-refractivity contribution is 0.0987. The standard InChI is InChI=1S/C20H20N2O3/c1-14(2)16-10-6-7-11-17(16)21-20(23)18-12-19(22-25-18)24-13-15-8-4-3-5-9-15/h3-12,14H,13H2,1-2H3,(H,21,23). The first-order valence-corrected chi connectivity index (χ1v) is 8.17. The Morgan fingerprint density at radius 3 is 2.60 bits per heavy atom. The molecule has 3 aromatic rings. The fourth-order valence-electron chi connectivity index (χ4n) is 2.46. The molecule has 1 N–H and O–H groups in total. The van der Waals surface area contributed by atoms with E-state index >= 15 is 0 Å². The van der Waals surface area contributed by atoms with Gasteiger partial charge in [0.1, 0.15) is 6.61 Å². The molecule has 0 aliphatic heterocycles. The number of ether oxygens (including phenoxy) is 1. The summed E-state index contributed by atoms with van der Waals surface area (Å²) in [6.45, 7) is 4.52. The van der Waals surface area contributed by atoms with Gasteiger partial charge < -0.3 is 14.6 Å². The van der Waals surface area contributed by atoms with Crippen molar-refractivity contribution in [2.45, 2.75) is 26.4 Å². The molecule has 0 aliphatic carbocycles. The van der Waals surface area contributed by atoms with E-state index < -0.39 is 0 Å². The Morgan fingerprint density at radius 1 is 1.12 bits per heavy atom. The molecule has 1 heterocycles. The molecule has 128 valence electrons. The van der Waals surface area contributed by atoms with Crippen molar-refractivity contribution in [2.24, 2.45) is 0 Å².